The molecule has 11 heteroatoms. The highest BCUT2D eigenvalue weighted by Gasteiger charge is 2.55. The molecule has 2 aromatic carbocycles. The zero-order valence-electron chi connectivity index (χ0n) is 17.6. The Hall–Kier alpha value is -2.95. The fourth-order valence-corrected chi connectivity index (χ4v) is 4.69. The minimum atomic E-state index is -4.09. The number of primary amides is 1. The summed E-state index contributed by atoms with van der Waals surface area (Å²) in [6.07, 6.45) is 0.919. The minimum absolute atomic E-state index is 0.0543. The van der Waals surface area contributed by atoms with Gasteiger partial charge in [0.2, 0.25) is 21.8 Å². The summed E-state index contributed by atoms with van der Waals surface area (Å²) in [5.74, 6) is -2.50. The van der Waals surface area contributed by atoms with Gasteiger partial charge in [0, 0.05) is 11.6 Å². The van der Waals surface area contributed by atoms with Gasteiger partial charge < -0.3 is 16.2 Å². The van der Waals surface area contributed by atoms with Crippen LogP contribution in [0.25, 0.3) is 11.1 Å². The van der Waals surface area contributed by atoms with Crippen molar-refractivity contribution in [2.45, 2.75) is 36.6 Å². The zero-order chi connectivity index (χ0) is 24.2. The molecule has 2 amide bonds. The van der Waals surface area contributed by atoms with Crippen molar-refractivity contribution in [1.29, 1.82) is 0 Å². The summed E-state index contributed by atoms with van der Waals surface area (Å²) in [6, 6.07) is 11.7. The van der Waals surface area contributed by atoms with Crippen LogP contribution >= 0.6 is 11.6 Å². The van der Waals surface area contributed by atoms with E-state index >= 15 is 0 Å². The molecule has 0 spiro atoms. The van der Waals surface area contributed by atoms with Gasteiger partial charge in [0.15, 0.2) is 0 Å². The molecular formula is C22H24ClN3O6S. The first-order valence-corrected chi connectivity index (χ1v) is 12.1. The lowest BCUT2D eigenvalue weighted by Crippen LogP contribution is -2.42. The van der Waals surface area contributed by atoms with Crippen molar-refractivity contribution in [3.8, 4) is 11.1 Å². The summed E-state index contributed by atoms with van der Waals surface area (Å²) in [7, 11) is -4.09. The molecular weight excluding hydrogens is 470 g/mol. The molecule has 0 saturated heterocycles. The molecule has 1 atom stereocenters. The van der Waals surface area contributed by atoms with Crippen LogP contribution in [-0.4, -0.2) is 43.9 Å². The molecule has 3 rings (SSSR count). The summed E-state index contributed by atoms with van der Waals surface area (Å²) in [4.78, 5) is 34.9. The predicted molar refractivity (Wildman–Crippen MR) is 122 cm³/mol. The van der Waals surface area contributed by atoms with Crippen molar-refractivity contribution in [2.24, 2.45) is 11.1 Å². The van der Waals surface area contributed by atoms with Crippen molar-refractivity contribution in [3.63, 3.8) is 0 Å². The third-order valence-electron chi connectivity index (χ3n) is 5.55. The Bertz CT molecular complexity index is 1150. The van der Waals surface area contributed by atoms with E-state index in [0.717, 1.165) is 11.1 Å². The van der Waals surface area contributed by atoms with Crippen LogP contribution in [0.3, 0.4) is 0 Å². The second kappa shape index (κ2) is 9.90. The monoisotopic (exact) mass is 493 g/mol. The van der Waals surface area contributed by atoms with Gasteiger partial charge in [0.05, 0.1) is 4.90 Å². The van der Waals surface area contributed by atoms with Gasteiger partial charge in [0.1, 0.15) is 11.5 Å². The lowest BCUT2D eigenvalue weighted by atomic mass is 10.1. The van der Waals surface area contributed by atoms with E-state index in [4.69, 9.17) is 17.3 Å². The van der Waals surface area contributed by atoms with Gasteiger partial charge in [-0.25, -0.2) is 8.42 Å². The highest BCUT2D eigenvalue weighted by molar-refractivity contribution is 7.89. The van der Waals surface area contributed by atoms with E-state index < -0.39 is 39.3 Å². The van der Waals surface area contributed by atoms with Crippen molar-refractivity contribution >= 4 is 39.4 Å². The SMILES string of the molecule is NC(=O)C1(C(=O)NCCC[C@H](NS(=O)(=O)c2ccc(-c3ccc(Cl)cc3)cc2)C(=O)O)CC1. The van der Waals surface area contributed by atoms with Gasteiger partial charge >= 0.3 is 5.97 Å². The first-order chi connectivity index (χ1) is 15.5. The fraction of sp³-hybridized carbons (Fsp3) is 0.318. The average Bonchev–Trinajstić information content (AvgIpc) is 3.58. The number of nitrogens with two attached hydrogens (primary N) is 1. The van der Waals surface area contributed by atoms with Crippen LogP contribution in [0.15, 0.2) is 53.4 Å². The van der Waals surface area contributed by atoms with E-state index in [2.05, 4.69) is 10.0 Å². The van der Waals surface area contributed by atoms with Gasteiger partial charge in [0.25, 0.3) is 0 Å². The molecule has 9 nitrogen and oxygen atoms in total. The van der Waals surface area contributed by atoms with Crippen LogP contribution in [0.5, 0.6) is 0 Å². The zero-order valence-corrected chi connectivity index (χ0v) is 19.2. The molecule has 2 aromatic rings. The van der Waals surface area contributed by atoms with Gasteiger partial charge in [-0.1, -0.05) is 35.9 Å². The predicted octanol–water partition coefficient (Wildman–Crippen LogP) is 1.90. The first-order valence-electron chi connectivity index (χ1n) is 10.2. The highest BCUT2D eigenvalue weighted by atomic mass is 35.5. The third-order valence-corrected chi connectivity index (χ3v) is 7.29. The number of amides is 2. The quantitative estimate of drug-likeness (QED) is 0.276. The van der Waals surface area contributed by atoms with Crippen LogP contribution in [0.4, 0.5) is 0 Å². The summed E-state index contributed by atoms with van der Waals surface area (Å²) in [5.41, 5.74) is 5.71. The summed E-state index contributed by atoms with van der Waals surface area (Å²) in [5, 5.41) is 12.6. The number of benzene rings is 2. The molecule has 0 aromatic heterocycles. The number of carbonyl (C=O) groups excluding carboxylic acids is 2. The van der Waals surface area contributed by atoms with Crippen LogP contribution < -0.4 is 15.8 Å². The Morgan fingerprint density at radius 2 is 1.58 bits per heavy atom. The van der Waals surface area contributed by atoms with E-state index in [1.807, 2.05) is 0 Å². The van der Waals surface area contributed by atoms with Crippen molar-refractivity contribution < 1.29 is 27.9 Å². The summed E-state index contributed by atoms with van der Waals surface area (Å²) < 4.78 is 27.6. The van der Waals surface area contributed by atoms with E-state index in [-0.39, 0.29) is 24.3 Å². The molecule has 176 valence electrons. The number of hydrogen-bond acceptors (Lipinski definition) is 5. The fourth-order valence-electron chi connectivity index (χ4n) is 3.34. The van der Waals surface area contributed by atoms with Crippen molar-refractivity contribution in [2.75, 3.05) is 6.54 Å². The average molecular weight is 494 g/mol. The number of nitrogens with one attached hydrogen (secondary N) is 2. The number of sulfonamides is 1. The lowest BCUT2D eigenvalue weighted by molar-refractivity contribution is -0.139. The maximum atomic E-state index is 12.7. The van der Waals surface area contributed by atoms with Gasteiger partial charge in [-0.2, -0.15) is 4.72 Å². The highest BCUT2D eigenvalue weighted by Crippen LogP contribution is 2.45. The molecule has 1 aliphatic carbocycles. The maximum Gasteiger partial charge on any atom is 0.321 e. The Kier molecular flexibility index (Phi) is 7.41. The van der Waals surface area contributed by atoms with Crippen molar-refractivity contribution in [1.82, 2.24) is 10.0 Å². The Morgan fingerprint density at radius 3 is 2.06 bits per heavy atom. The Morgan fingerprint density at radius 1 is 1.03 bits per heavy atom. The standard InChI is InChI=1S/C22H24ClN3O6S/c23-16-7-3-14(4-8-16)15-5-9-17(10-6-15)33(31,32)26-18(19(27)28)2-1-13-25-21(30)22(11-12-22)20(24)29/h3-10,18,26H,1-2,11-13H2,(H2,24,29)(H,25,30)(H,27,28)/t18-/m0/s1. The molecule has 0 heterocycles. The molecule has 1 aliphatic rings. The largest absolute Gasteiger partial charge is 0.480 e. The number of rotatable bonds is 11. The lowest BCUT2D eigenvalue weighted by Gasteiger charge is -2.16. The number of hydrogen-bond donors (Lipinski definition) is 4. The van der Waals surface area contributed by atoms with E-state index in [1.165, 1.54) is 12.1 Å². The smallest absolute Gasteiger partial charge is 0.321 e. The normalized spacial score (nSPS) is 15.4. The minimum Gasteiger partial charge on any atom is -0.480 e. The Labute approximate surface area is 196 Å². The van der Waals surface area contributed by atoms with Gasteiger partial charge in [-0.05, 0) is 61.1 Å². The number of halogens is 1. The van der Waals surface area contributed by atoms with E-state index in [9.17, 15) is 27.9 Å². The van der Waals surface area contributed by atoms with Crippen molar-refractivity contribution in [3.05, 3.63) is 53.6 Å². The first kappa shape index (κ1) is 24.7. The van der Waals surface area contributed by atoms with Crippen LogP contribution in [-0.2, 0) is 24.4 Å². The van der Waals surface area contributed by atoms with Gasteiger partial charge in [-0.15, -0.1) is 0 Å². The van der Waals surface area contributed by atoms with Crippen LogP contribution in [0.1, 0.15) is 25.7 Å². The topological polar surface area (TPSA) is 156 Å². The number of aliphatic carboxylic acids is 1. The second-order valence-electron chi connectivity index (χ2n) is 7.89. The molecule has 0 bridgehead atoms. The Balaban J connectivity index is 1.58. The molecule has 1 fully saturated rings. The molecule has 33 heavy (non-hydrogen) atoms. The number of carboxylic acids is 1. The summed E-state index contributed by atoms with van der Waals surface area (Å²) in [6.45, 7) is 0.0924. The number of carbonyl (C=O) groups is 3. The maximum absolute atomic E-state index is 12.7. The van der Waals surface area contributed by atoms with E-state index in [1.54, 1.807) is 36.4 Å². The van der Waals surface area contributed by atoms with Crippen LogP contribution in [0, 0.1) is 5.41 Å². The van der Waals surface area contributed by atoms with E-state index in [0.29, 0.717) is 17.9 Å². The van der Waals surface area contributed by atoms with Gasteiger partial charge in [-0.3, -0.25) is 14.4 Å². The molecule has 0 radical (unpaired) electrons. The molecule has 0 unspecified atom stereocenters. The molecule has 0 aliphatic heterocycles. The summed E-state index contributed by atoms with van der Waals surface area (Å²) >= 11 is 5.88. The molecule has 1 saturated carbocycles. The molecule has 5 N–H and O–H groups in total. The second-order valence-corrected chi connectivity index (χ2v) is 10.0. The number of carboxylic acid groups (broad SMARTS) is 1. The van der Waals surface area contributed by atoms with Crippen LogP contribution in [0.2, 0.25) is 5.02 Å². The third kappa shape index (κ3) is 5.89.